The smallest absolute Gasteiger partial charge is 0.282 e. The molecule has 20 heavy (non-hydrogen) atoms. The van der Waals surface area contributed by atoms with Crippen LogP contribution >= 0.6 is 27.5 Å². The average Bonchev–Trinajstić information content (AvgIpc) is 2.36. The first-order chi connectivity index (χ1) is 9.29. The molecule has 1 aliphatic rings. The predicted octanol–water partition coefficient (Wildman–Crippen LogP) is 3.11. The summed E-state index contributed by atoms with van der Waals surface area (Å²) >= 11 is 8.74. The van der Waals surface area contributed by atoms with Crippen LogP contribution in [0.5, 0.6) is 0 Å². The van der Waals surface area contributed by atoms with Crippen molar-refractivity contribution >= 4 is 49.0 Å². The van der Waals surface area contributed by atoms with E-state index < -0.39 is 15.8 Å². The molecular formula is C13H9BrClNO3S. The molecule has 4 nitrogen and oxygen atoms in total. The zero-order chi connectivity index (χ0) is 14.9. The van der Waals surface area contributed by atoms with Crippen molar-refractivity contribution in [3.05, 3.63) is 51.5 Å². The zero-order valence-electron chi connectivity index (χ0n) is 10.3. The van der Waals surface area contributed by atoms with Gasteiger partial charge in [0.25, 0.3) is 10.0 Å². The largest absolute Gasteiger partial charge is 0.287 e. The Morgan fingerprint density at radius 1 is 1.15 bits per heavy atom. The quantitative estimate of drug-likeness (QED) is 0.747. The minimum absolute atomic E-state index is 0.0848. The van der Waals surface area contributed by atoms with Gasteiger partial charge in [-0.1, -0.05) is 29.3 Å². The van der Waals surface area contributed by atoms with Crippen molar-refractivity contribution in [2.24, 2.45) is 4.40 Å². The molecule has 0 amide bonds. The molecule has 1 aliphatic carbocycles. The van der Waals surface area contributed by atoms with E-state index in [0.29, 0.717) is 0 Å². The third-order valence-electron chi connectivity index (χ3n) is 2.53. The van der Waals surface area contributed by atoms with Crippen molar-refractivity contribution in [1.82, 2.24) is 0 Å². The van der Waals surface area contributed by atoms with Gasteiger partial charge in [-0.2, -0.15) is 12.8 Å². The molecule has 2 rings (SSSR count). The molecule has 0 fully saturated rings. The van der Waals surface area contributed by atoms with Gasteiger partial charge in [0.2, 0.25) is 5.78 Å². The van der Waals surface area contributed by atoms with E-state index in [0.717, 1.165) is 5.56 Å². The van der Waals surface area contributed by atoms with Crippen LogP contribution in [0.3, 0.4) is 0 Å². The normalized spacial score (nSPS) is 17.9. The van der Waals surface area contributed by atoms with Crippen molar-refractivity contribution in [3.63, 3.8) is 0 Å². The Kier molecular flexibility index (Phi) is 4.27. The minimum atomic E-state index is -3.83. The maximum absolute atomic E-state index is 12.1. The van der Waals surface area contributed by atoms with Crippen molar-refractivity contribution in [3.8, 4) is 0 Å². The van der Waals surface area contributed by atoms with Gasteiger partial charge in [0.1, 0.15) is 0 Å². The number of carbonyl (C=O) groups is 1. The summed E-state index contributed by atoms with van der Waals surface area (Å²) in [5.41, 5.74) is 1.05. The molecule has 0 atom stereocenters. The first kappa shape index (κ1) is 15.2. The molecule has 0 aromatic heterocycles. The number of ketones is 1. The van der Waals surface area contributed by atoms with Crippen LogP contribution in [0.2, 0.25) is 0 Å². The second-order valence-electron chi connectivity index (χ2n) is 4.12. The van der Waals surface area contributed by atoms with Gasteiger partial charge in [-0.3, -0.25) is 4.79 Å². The Morgan fingerprint density at radius 3 is 2.30 bits per heavy atom. The molecule has 0 bridgehead atoms. The molecule has 0 heterocycles. The average molecular weight is 375 g/mol. The molecule has 0 unspecified atom stereocenters. The molecule has 0 saturated carbocycles. The molecule has 0 spiro atoms. The monoisotopic (exact) mass is 373 g/mol. The van der Waals surface area contributed by atoms with Gasteiger partial charge in [0, 0.05) is 0 Å². The summed E-state index contributed by atoms with van der Waals surface area (Å²) in [6, 6.07) is 6.33. The molecule has 0 radical (unpaired) electrons. The molecule has 1 aromatic carbocycles. The molecule has 0 saturated heterocycles. The van der Waals surface area contributed by atoms with Crippen LogP contribution in [0, 0.1) is 6.92 Å². The topological polar surface area (TPSA) is 63.6 Å². The predicted molar refractivity (Wildman–Crippen MR) is 81.8 cm³/mol. The van der Waals surface area contributed by atoms with E-state index >= 15 is 0 Å². The van der Waals surface area contributed by atoms with Crippen LogP contribution in [-0.2, 0) is 14.8 Å². The van der Waals surface area contributed by atoms with Gasteiger partial charge in [-0.05, 0) is 47.1 Å². The molecule has 7 heteroatoms. The highest BCUT2D eigenvalue weighted by atomic mass is 79.9. The third kappa shape index (κ3) is 3.26. The van der Waals surface area contributed by atoms with Crippen LogP contribution < -0.4 is 0 Å². The first-order valence-electron chi connectivity index (χ1n) is 5.50. The number of aryl methyl sites for hydroxylation is 1. The number of nitrogens with zero attached hydrogens (tertiary/aromatic N) is 1. The number of hydrogen-bond acceptors (Lipinski definition) is 3. The fourth-order valence-electron chi connectivity index (χ4n) is 1.50. The summed E-state index contributed by atoms with van der Waals surface area (Å²) in [6.07, 6.45) is 2.54. The summed E-state index contributed by atoms with van der Waals surface area (Å²) < 4.78 is 28.1. The van der Waals surface area contributed by atoms with E-state index in [9.17, 15) is 13.2 Å². The Hall–Kier alpha value is -1.24. The van der Waals surface area contributed by atoms with Crippen LogP contribution in [0.15, 0.2) is 55.2 Å². The summed E-state index contributed by atoms with van der Waals surface area (Å²) in [5.74, 6) is -0.404. The van der Waals surface area contributed by atoms with Crippen LogP contribution in [0.25, 0.3) is 0 Å². The highest BCUT2D eigenvalue weighted by Gasteiger charge is 2.19. The summed E-state index contributed by atoms with van der Waals surface area (Å²) in [6.45, 7) is 1.86. The van der Waals surface area contributed by atoms with Gasteiger partial charge in [-0.15, -0.1) is 0 Å². The summed E-state index contributed by atoms with van der Waals surface area (Å²) in [7, 11) is -3.83. The number of carbonyl (C=O) groups excluding carboxylic acids is 1. The zero-order valence-corrected chi connectivity index (χ0v) is 13.5. The third-order valence-corrected chi connectivity index (χ3v) is 4.72. The van der Waals surface area contributed by atoms with Gasteiger partial charge < -0.3 is 0 Å². The Bertz CT molecular complexity index is 737. The Labute approximate surface area is 130 Å². The van der Waals surface area contributed by atoms with E-state index in [4.69, 9.17) is 11.6 Å². The number of hydrogen-bond donors (Lipinski definition) is 0. The molecule has 0 N–H and O–H groups in total. The van der Waals surface area contributed by atoms with Crippen LogP contribution in [0.4, 0.5) is 0 Å². The number of sulfonamides is 1. The fraction of sp³-hybridized carbons (Fsp3) is 0.0769. The van der Waals surface area contributed by atoms with Gasteiger partial charge in [0.05, 0.1) is 20.1 Å². The van der Waals surface area contributed by atoms with Crippen molar-refractivity contribution in [2.75, 3.05) is 0 Å². The van der Waals surface area contributed by atoms with Crippen molar-refractivity contribution < 1.29 is 13.2 Å². The fourth-order valence-corrected chi connectivity index (χ4v) is 3.25. The Balaban J connectivity index is 2.44. The Morgan fingerprint density at radius 2 is 1.75 bits per heavy atom. The highest BCUT2D eigenvalue weighted by Crippen LogP contribution is 2.22. The van der Waals surface area contributed by atoms with E-state index in [2.05, 4.69) is 20.3 Å². The highest BCUT2D eigenvalue weighted by molar-refractivity contribution is 9.12. The van der Waals surface area contributed by atoms with Crippen LogP contribution in [0.1, 0.15) is 5.56 Å². The van der Waals surface area contributed by atoms with Gasteiger partial charge >= 0.3 is 0 Å². The standard InChI is InChI=1S/C13H9BrClNO3S/c1-8-2-4-10(5-3-8)20(18,19)16-9-6-11(14)13(17)12(15)7-9/h2-7H,1H3/b16-9+. The SMILES string of the molecule is Cc1ccc(S(=O)(=O)/N=C2/C=C(Cl)C(=O)C(Br)=C2)cc1. The second kappa shape index (κ2) is 5.63. The molecule has 1 aromatic rings. The lowest BCUT2D eigenvalue weighted by atomic mass is 10.2. The number of Topliss-reactive ketones (excluding diaryl/α,β-unsaturated/α-hetero) is 1. The lowest BCUT2D eigenvalue weighted by Crippen LogP contribution is -2.10. The lowest BCUT2D eigenvalue weighted by molar-refractivity contribution is -0.111. The number of benzene rings is 1. The van der Waals surface area contributed by atoms with Crippen molar-refractivity contribution in [2.45, 2.75) is 11.8 Å². The van der Waals surface area contributed by atoms with Crippen molar-refractivity contribution in [1.29, 1.82) is 0 Å². The molecule has 104 valence electrons. The van der Waals surface area contributed by atoms with Crippen LogP contribution in [-0.4, -0.2) is 19.9 Å². The minimum Gasteiger partial charge on any atom is -0.287 e. The van der Waals surface area contributed by atoms with Gasteiger partial charge in [-0.25, -0.2) is 0 Å². The number of halogens is 2. The van der Waals surface area contributed by atoms with E-state index in [-0.39, 0.29) is 20.1 Å². The first-order valence-corrected chi connectivity index (χ1v) is 8.11. The van der Waals surface area contributed by atoms with E-state index in [1.54, 1.807) is 12.1 Å². The number of rotatable bonds is 2. The summed E-state index contributed by atoms with van der Waals surface area (Å²) in [4.78, 5) is 11.5. The maximum atomic E-state index is 12.1. The second-order valence-corrected chi connectivity index (χ2v) is 6.98. The number of allylic oxidation sites excluding steroid dienone is 4. The molecule has 0 aliphatic heterocycles. The summed E-state index contributed by atoms with van der Waals surface area (Å²) in [5, 5.41) is -0.0859. The van der Waals surface area contributed by atoms with Gasteiger partial charge in [0.15, 0.2) is 0 Å². The van der Waals surface area contributed by atoms with E-state index in [1.807, 2.05) is 6.92 Å². The van der Waals surface area contributed by atoms with E-state index in [1.165, 1.54) is 24.3 Å². The molecular weight excluding hydrogens is 366 g/mol. The lowest BCUT2D eigenvalue weighted by Gasteiger charge is -2.06. The maximum Gasteiger partial charge on any atom is 0.282 e.